The van der Waals surface area contributed by atoms with Gasteiger partial charge in [0.25, 0.3) is 0 Å². The lowest BCUT2D eigenvalue weighted by atomic mass is 9.93. The third kappa shape index (κ3) is 4.33. The van der Waals surface area contributed by atoms with Crippen LogP contribution >= 0.6 is 12.1 Å². The average Bonchev–Trinajstić information content (AvgIpc) is 3.29. The first kappa shape index (κ1) is 20.8. The fraction of sp³-hybridized carbons (Fsp3) is 0.500. The van der Waals surface area contributed by atoms with Crippen LogP contribution in [-0.4, -0.2) is 62.6 Å². The summed E-state index contributed by atoms with van der Waals surface area (Å²) < 4.78 is 37.4. The van der Waals surface area contributed by atoms with Gasteiger partial charge in [0, 0.05) is 55.6 Å². The minimum absolute atomic E-state index is 0.0229. The molecule has 3 aliphatic rings. The zero-order valence-electron chi connectivity index (χ0n) is 16.8. The first-order chi connectivity index (χ1) is 15.0. The van der Waals surface area contributed by atoms with E-state index in [1.807, 2.05) is 14.6 Å². The van der Waals surface area contributed by atoms with Crippen LogP contribution in [0.3, 0.4) is 0 Å². The fourth-order valence-electron chi connectivity index (χ4n) is 4.41. The average molecular weight is 451 g/mol. The van der Waals surface area contributed by atoms with E-state index in [-0.39, 0.29) is 17.5 Å². The van der Waals surface area contributed by atoms with Crippen LogP contribution in [-0.2, 0) is 22.6 Å². The fourth-order valence-corrected chi connectivity index (χ4v) is 5.30. The quantitative estimate of drug-likeness (QED) is 0.677. The van der Waals surface area contributed by atoms with Crippen molar-refractivity contribution < 1.29 is 18.3 Å². The van der Waals surface area contributed by atoms with Crippen molar-refractivity contribution in [2.75, 3.05) is 26.2 Å². The molecule has 3 aliphatic heterocycles. The standard InChI is InChI=1S/C20H24F2N6O2S/c21-13-1-2-16(22)15(5-13)20-17(23)6-14(11-30-20)26-7-12-8-28(25-18(12)9-26)31-27-4-3-24-19(29)10-27/h1-2,5,8,14,17,20H,3-4,6-7,9-11,23H2,(H,24,29)/t14?,17?,20-/m1/s1. The number of fused-ring (bicyclic) bond motifs is 1. The summed E-state index contributed by atoms with van der Waals surface area (Å²) in [6, 6.07) is 3.03. The van der Waals surface area contributed by atoms with Crippen molar-refractivity contribution in [3.8, 4) is 0 Å². The number of amides is 1. The monoisotopic (exact) mass is 450 g/mol. The molecule has 3 N–H and O–H groups in total. The van der Waals surface area contributed by atoms with Crippen molar-refractivity contribution in [1.29, 1.82) is 0 Å². The number of hydrogen-bond donors (Lipinski definition) is 2. The first-order valence-corrected chi connectivity index (χ1v) is 11.0. The second-order valence-electron chi connectivity index (χ2n) is 8.18. The molecule has 2 saturated heterocycles. The molecule has 8 nitrogen and oxygen atoms in total. The molecule has 166 valence electrons. The predicted molar refractivity (Wildman–Crippen MR) is 110 cm³/mol. The van der Waals surface area contributed by atoms with Crippen molar-refractivity contribution in [2.45, 2.75) is 37.7 Å². The SMILES string of the molecule is NC1CC(N2Cc3cn(SN4CCNC(=O)C4)nc3C2)CO[C@@H]1c1cc(F)ccc1F. The van der Waals surface area contributed by atoms with E-state index >= 15 is 0 Å². The van der Waals surface area contributed by atoms with Gasteiger partial charge in [-0.2, -0.15) is 9.19 Å². The van der Waals surface area contributed by atoms with E-state index in [2.05, 4.69) is 15.3 Å². The minimum Gasteiger partial charge on any atom is -0.370 e. The van der Waals surface area contributed by atoms with Crippen molar-refractivity contribution in [3.05, 3.63) is 52.9 Å². The van der Waals surface area contributed by atoms with Gasteiger partial charge in [-0.3, -0.25) is 9.69 Å². The molecule has 1 aromatic carbocycles. The number of ether oxygens (including phenoxy) is 1. The van der Waals surface area contributed by atoms with Gasteiger partial charge in [0.05, 0.1) is 31.0 Å². The third-order valence-electron chi connectivity index (χ3n) is 5.97. The van der Waals surface area contributed by atoms with E-state index in [0.29, 0.717) is 32.7 Å². The maximum atomic E-state index is 14.1. The van der Waals surface area contributed by atoms with Crippen LogP contribution in [0.15, 0.2) is 24.4 Å². The molecular weight excluding hydrogens is 426 g/mol. The maximum absolute atomic E-state index is 14.1. The molecule has 11 heteroatoms. The Bertz CT molecular complexity index is 965. The van der Waals surface area contributed by atoms with Crippen molar-refractivity contribution >= 4 is 18.0 Å². The molecule has 4 heterocycles. The third-order valence-corrected chi connectivity index (χ3v) is 6.86. The van der Waals surface area contributed by atoms with Crippen LogP contribution in [0.2, 0.25) is 0 Å². The summed E-state index contributed by atoms with van der Waals surface area (Å²) in [4.78, 5) is 13.8. The number of halogens is 2. The predicted octanol–water partition coefficient (Wildman–Crippen LogP) is 1.18. The molecule has 2 unspecified atom stereocenters. The van der Waals surface area contributed by atoms with Crippen LogP contribution in [0.25, 0.3) is 0 Å². The molecule has 0 bridgehead atoms. The lowest BCUT2D eigenvalue weighted by Crippen LogP contribution is -2.47. The molecule has 5 rings (SSSR count). The number of benzene rings is 1. The van der Waals surface area contributed by atoms with Crippen molar-refractivity contribution in [3.63, 3.8) is 0 Å². The molecule has 0 aliphatic carbocycles. The molecule has 1 aromatic heterocycles. The van der Waals surface area contributed by atoms with E-state index in [9.17, 15) is 13.6 Å². The van der Waals surface area contributed by atoms with Gasteiger partial charge in [-0.25, -0.2) is 13.1 Å². The Hall–Kier alpha value is -2.05. The summed E-state index contributed by atoms with van der Waals surface area (Å²) >= 11 is 1.44. The van der Waals surface area contributed by atoms with Crippen LogP contribution in [0.4, 0.5) is 8.78 Å². The topological polar surface area (TPSA) is 88.7 Å². The molecule has 0 radical (unpaired) electrons. The highest BCUT2D eigenvalue weighted by molar-refractivity contribution is 7.95. The summed E-state index contributed by atoms with van der Waals surface area (Å²) in [6.45, 7) is 3.58. The van der Waals surface area contributed by atoms with Gasteiger partial charge in [-0.1, -0.05) is 0 Å². The Balaban J connectivity index is 1.19. The number of piperazine rings is 1. The number of carbonyl (C=O) groups excluding carboxylic acids is 1. The molecule has 0 saturated carbocycles. The van der Waals surface area contributed by atoms with Crippen molar-refractivity contribution in [1.82, 2.24) is 23.7 Å². The van der Waals surface area contributed by atoms with Crippen LogP contribution in [0.1, 0.15) is 29.3 Å². The first-order valence-electron chi connectivity index (χ1n) is 10.3. The molecule has 3 atom stereocenters. The largest absolute Gasteiger partial charge is 0.370 e. The summed E-state index contributed by atoms with van der Waals surface area (Å²) in [6.07, 6.45) is 1.98. The Morgan fingerprint density at radius 2 is 2.13 bits per heavy atom. The second-order valence-corrected chi connectivity index (χ2v) is 9.23. The molecule has 2 aromatic rings. The van der Waals surface area contributed by atoms with E-state index in [1.54, 1.807) is 0 Å². The van der Waals surface area contributed by atoms with E-state index in [4.69, 9.17) is 10.5 Å². The van der Waals surface area contributed by atoms with Gasteiger partial charge in [-0.05, 0) is 24.6 Å². The Labute approximate surface area is 183 Å². The number of nitrogens with zero attached hydrogens (tertiary/aromatic N) is 4. The van der Waals surface area contributed by atoms with Crippen LogP contribution < -0.4 is 11.1 Å². The van der Waals surface area contributed by atoms with E-state index in [0.717, 1.165) is 42.5 Å². The van der Waals surface area contributed by atoms with E-state index < -0.39 is 23.8 Å². The van der Waals surface area contributed by atoms with Crippen molar-refractivity contribution in [2.24, 2.45) is 5.73 Å². The normalized spacial score (nSPS) is 27.3. The number of aromatic nitrogens is 2. The van der Waals surface area contributed by atoms with Gasteiger partial charge in [-0.15, -0.1) is 0 Å². The van der Waals surface area contributed by atoms with Crippen LogP contribution in [0, 0.1) is 11.6 Å². The highest BCUT2D eigenvalue weighted by Gasteiger charge is 2.37. The number of nitrogens with two attached hydrogens (primary N) is 1. The minimum atomic E-state index is -0.653. The van der Waals surface area contributed by atoms with Crippen LogP contribution in [0.5, 0.6) is 0 Å². The lowest BCUT2D eigenvalue weighted by Gasteiger charge is -2.38. The summed E-state index contributed by atoms with van der Waals surface area (Å²) in [5.41, 5.74) is 8.62. The van der Waals surface area contributed by atoms with Gasteiger partial charge in [0.2, 0.25) is 5.91 Å². The van der Waals surface area contributed by atoms with Gasteiger partial charge in [0.15, 0.2) is 0 Å². The molecule has 0 spiro atoms. The molecule has 1 amide bonds. The maximum Gasteiger partial charge on any atom is 0.235 e. The Morgan fingerprint density at radius 3 is 2.90 bits per heavy atom. The highest BCUT2D eigenvalue weighted by Crippen LogP contribution is 2.34. The molecular formula is C20H24F2N6O2S. The zero-order chi connectivity index (χ0) is 21.5. The Morgan fingerprint density at radius 1 is 1.26 bits per heavy atom. The highest BCUT2D eigenvalue weighted by atomic mass is 32.2. The number of rotatable bonds is 4. The number of hydrogen-bond acceptors (Lipinski definition) is 7. The van der Waals surface area contributed by atoms with E-state index in [1.165, 1.54) is 12.1 Å². The smallest absolute Gasteiger partial charge is 0.235 e. The summed E-state index contributed by atoms with van der Waals surface area (Å²) in [5, 5.41) is 7.47. The summed E-state index contributed by atoms with van der Waals surface area (Å²) in [7, 11) is 0. The number of nitrogens with one attached hydrogen (secondary N) is 1. The second kappa shape index (κ2) is 8.47. The number of carbonyl (C=O) groups is 1. The lowest BCUT2D eigenvalue weighted by molar-refractivity contribution is -0.122. The molecule has 2 fully saturated rings. The summed E-state index contributed by atoms with van der Waals surface area (Å²) in [5.74, 6) is -0.978. The molecule has 31 heavy (non-hydrogen) atoms. The Kier molecular flexibility index (Phi) is 5.69. The van der Waals surface area contributed by atoms with Gasteiger partial charge in [0.1, 0.15) is 17.7 Å². The van der Waals surface area contributed by atoms with Gasteiger partial charge >= 0.3 is 0 Å². The van der Waals surface area contributed by atoms with Gasteiger partial charge < -0.3 is 15.8 Å². The zero-order valence-corrected chi connectivity index (χ0v) is 17.7.